The van der Waals surface area contributed by atoms with Crippen LogP contribution in [0.2, 0.25) is 0 Å². The highest BCUT2D eigenvalue weighted by Crippen LogP contribution is 2.69. The Morgan fingerprint density at radius 2 is 0.984 bits per heavy atom. The minimum absolute atomic E-state index is 0.0139. The maximum absolute atomic E-state index is 15.1. The molecule has 1 aliphatic rings. The van der Waals surface area contributed by atoms with E-state index in [1.807, 2.05) is 110 Å². The highest BCUT2D eigenvalue weighted by atomic mass is 31.2. The predicted molar refractivity (Wildman–Crippen MR) is 250 cm³/mol. The molecule has 0 spiro atoms. The van der Waals surface area contributed by atoms with E-state index in [1.165, 1.54) is 19.1 Å². The molecule has 2 heterocycles. The van der Waals surface area contributed by atoms with Crippen molar-refractivity contribution in [2.24, 2.45) is 0 Å². The van der Waals surface area contributed by atoms with E-state index in [1.54, 1.807) is 84.9 Å². The lowest BCUT2D eigenvalue weighted by atomic mass is 9.92. The molecule has 0 fully saturated rings. The summed E-state index contributed by atoms with van der Waals surface area (Å²) in [5, 5.41) is 39.6. The summed E-state index contributed by atoms with van der Waals surface area (Å²) < 4.78 is 38.6. The number of hydrogen-bond acceptors (Lipinski definition) is 9. The van der Waals surface area contributed by atoms with Crippen LogP contribution in [0.1, 0.15) is 35.3 Å². The fraction of sp³-hybridized carbons (Fsp3) is 0.0577. The molecule has 11 heteroatoms. The Balaban J connectivity index is 0.000000152. The first kappa shape index (κ1) is 43.6. The van der Waals surface area contributed by atoms with E-state index in [2.05, 4.69) is 0 Å². The molecule has 1 aliphatic heterocycles. The Labute approximate surface area is 365 Å². The lowest BCUT2D eigenvalue weighted by Crippen LogP contribution is -2.34. The van der Waals surface area contributed by atoms with Crippen LogP contribution in [-0.2, 0) is 14.3 Å². The zero-order valence-corrected chi connectivity index (χ0v) is 36.1. The van der Waals surface area contributed by atoms with Gasteiger partial charge in [-0.15, -0.1) is 0 Å². The molecule has 0 bridgehead atoms. The highest BCUT2D eigenvalue weighted by Gasteiger charge is 2.53. The number of phenolic OH excluding ortho intramolecular Hbond substituents is 4. The number of carbonyl (C=O) groups excluding carboxylic acids is 1. The summed E-state index contributed by atoms with van der Waals surface area (Å²) in [7, 11) is -5.34. The third kappa shape index (κ3) is 9.41. The lowest BCUT2D eigenvalue weighted by Gasteiger charge is -2.41. The summed E-state index contributed by atoms with van der Waals surface area (Å²) in [5.41, 5.74) is 4.61. The second kappa shape index (κ2) is 19.1. The van der Waals surface area contributed by atoms with Crippen LogP contribution in [0.5, 0.6) is 28.7 Å². The molecule has 8 aromatic carbocycles. The van der Waals surface area contributed by atoms with E-state index in [4.69, 9.17) is 18.9 Å². The van der Waals surface area contributed by atoms with E-state index in [0.29, 0.717) is 28.0 Å². The van der Waals surface area contributed by atoms with E-state index < -0.39 is 20.2 Å². The van der Waals surface area contributed by atoms with Crippen LogP contribution in [0, 0.1) is 0 Å². The second-order valence-corrected chi connectivity index (χ2v) is 18.5. The number of fused-ring (bicyclic) bond motifs is 6. The maximum Gasteiger partial charge on any atom is 0.597 e. The van der Waals surface area contributed by atoms with Crippen LogP contribution < -0.4 is 9.83 Å². The van der Waals surface area contributed by atoms with Crippen molar-refractivity contribution in [1.29, 1.82) is 0 Å². The number of benzene rings is 8. The van der Waals surface area contributed by atoms with Crippen molar-refractivity contribution < 1.29 is 43.1 Å². The molecule has 4 N–H and O–H groups in total. The maximum atomic E-state index is 15.1. The van der Waals surface area contributed by atoms with Crippen LogP contribution in [0.4, 0.5) is 0 Å². The number of para-hydroxylation sites is 3. The van der Waals surface area contributed by atoms with Crippen LogP contribution in [0.3, 0.4) is 0 Å². The summed E-state index contributed by atoms with van der Waals surface area (Å²) in [6, 6.07) is 58.9. The van der Waals surface area contributed by atoms with Crippen molar-refractivity contribution in [3.05, 3.63) is 217 Å². The van der Waals surface area contributed by atoms with Gasteiger partial charge in [0.25, 0.3) is 7.37 Å². The monoisotopic (exact) mass is 873 g/mol. The molecule has 1 aromatic heterocycles. The largest absolute Gasteiger partial charge is 0.597 e. The van der Waals surface area contributed by atoms with Crippen LogP contribution >= 0.6 is 15.0 Å². The summed E-state index contributed by atoms with van der Waals surface area (Å²) in [5.74, 6) is 1.36. The van der Waals surface area contributed by atoms with Crippen molar-refractivity contribution in [2.45, 2.75) is 19.0 Å². The second-order valence-electron chi connectivity index (χ2n) is 14.6. The molecule has 0 radical (unpaired) electrons. The molecule has 63 heavy (non-hydrogen) atoms. The van der Waals surface area contributed by atoms with Crippen molar-refractivity contribution in [1.82, 2.24) is 0 Å². The Bertz CT molecular complexity index is 3070. The van der Waals surface area contributed by atoms with Gasteiger partial charge in [0.2, 0.25) is 5.12 Å². The van der Waals surface area contributed by atoms with Gasteiger partial charge >= 0.3 is 7.65 Å². The molecule has 9 aromatic rings. The number of phenols is 4. The van der Waals surface area contributed by atoms with Crippen LogP contribution in [0.15, 0.2) is 204 Å². The number of Topliss-reactive ketones (excluding diaryl/α,β-unsaturated/α-hetero) is 1. The van der Waals surface area contributed by atoms with Crippen LogP contribution in [0.25, 0.3) is 32.6 Å². The summed E-state index contributed by atoms with van der Waals surface area (Å²) in [6.45, 7) is 3.39. The predicted octanol–water partition coefficient (Wildman–Crippen LogP) is 13.3. The molecule has 0 amide bonds. The molecule has 0 aliphatic carbocycles. The summed E-state index contributed by atoms with van der Waals surface area (Å²) in [4.78, 5) is 10.7. The van der Waals surface area contributed by atoms with Gasteiger partial charge in [0, 0.05) is 21.9 Å². The van der Waals surface area contributed by atoms with Gasteiger partial charge in [-0.05, 0) is 126 Å². The minimum atomic E-state index is -3.60. The van der Waals surface area contributed by atoms with Crippen molar-refractivity contribution >= 4 is 47.6 Å². The molecule has 9 nitrogen and oxygen atoms in total. The Morgan fingerprint density at radius 1 is 0.524 bits per heavy atom. The van der Waals surface area contributed by atoms with Gasteiger partial charge < -0.3 is 24.9 Å². The lowest BCUT2D eigenvalue weighted by molar-refractivity contribution is 0.101. The van der Waals surface area contributed by atoms with E-state index in [-0.39, 0.29) is 23.0 Å². The van der Waals surface area contributed by atoms with Gasteiger partial charge in [-0.3, -0.25) is 9.36 Å². The van der Waals surface area contributed by atoms with Gasteiger partial charge in [-0.2, -0.15) is 0 Å². The molecule has 314 valence electrons. The molecular formula is C52H43O9P2+. The molecular weight excluding hydrogens is 831 g/mol. The van der Waals surface area contributed by atoms with Crippen LogP contribution in [-0.4, -0.2) is 26.2 Å². The van der Waals surface area contributed by atoms with Gasteiger partial charge in [-0.25, -0.2) is 4.20 Å². The number of carbonyl (C=O) groups is 1. The number of aromatic hydroxyl groups is 4. The van der Waals surface area contributed by atoms with Gasteiger partial charge in [0.15, 0.2) is 11.4 Å². The summed E-state index contributed by atoms with van der Waals surface area (Å²) >= 11 is 0. The van der Waals surface area contributed by atoms with Gasteiger partial charge in [-0.1, -0.05) is 109 Å². The van der Waals surface area contributed by atoms with E-state index in [0.717, 1.165) is 38.1 Å². The Hall–Kier alpha value is -7.44. The summed E-state index contributed by atoms with van der Waals surface area (Å²) in [6.07, 6.45) is 0. The van der Waals surface area contributed by atoms with Gasteiger partial charge in [0.05, 0.1) is 5.30 Å². The molecule has 10 rings (SSSR count). The first-order valence-corrected chi connectivity index (χ1v) is 22.6. The first-order valence-electron chi connectivity index (χ1n) is 19.8. The third-order valence-electron chi connectivity index (χ3n) is 10.6. The Morgan fingerprint density at radius 3 is 1.56 bits per heavy atom. The van der Waals surface area contributed by atoms with E-state index in [9.17, 15) is 19.6 Å². The van der Waals surface area contributed by atoms with Gasteiger partial charge in [0.1, 0.15) is 33.9 Å². The molecule has 2 unspecified atom stereocenters. The number of ketones is 1. The quantitative estimate of drug-likeness (QED) is 0.0768. The first-order chi connectivity index (χ1) is 30.4. The molecule has 0 saturated heterocycles. The normalized spacial score (nSPS) is 13.8. The number of rotatable bonds is 4. The zero-order valence-electron chi connectivity index (χ0n) is 34.3. The Kier molecular flexibility index (Phi) is 13.2. The smallest absolute Gasteiger partial charge is 0.508 e. The average molecular weight is 874 g/mol. The SMILES string of the molecule is CC(=O)c1ccc(O)cc1.CC(c1ccc(O)cc1)(c1ccc(O)cc1)P1(=O)Oc2ccccc2-c2ccccc21.O=[p+]1oc2ccccc2c2ccccc21.Oc1ccccc1. The van der Waals surface area contributed by atoms with Crippen molar-refractivity contribution in [2.75, 3.05) is 0 Å². The fourth-order valence-electron chi connectivity index (χ4n) is 7.22. The number of hydrogen-bond donors (Lipinski definition) is 4. The third-order valence-corrected chi connectivity index (χ3v) is 14.9. The average Bonchev–Trinajstić information content (AvgIpc) is 3.30. The molecule has 0 saturated carbocycles. The zero-order chi connectivity index (χ0) is 44.6. The fourth-order valence-corrected chi connectivity index (χ4v) is 11.2. The van der Waals surface area contributed by atoms with E-state index >= 15 is 4.57 Å². The molecule has 2 atom stereocenters. The highest BCUT2D eigenvalue weighted by molar-refractivity contribution is 7.69. The van der Waals surface area contributed by atoms with Crippen molar-refractivity contribution in [3.8, 4) is 39.9 Å². The van der Waals surface area contributed by atoms with Crippen molar-refractivity contribution in [3.63, 3.8) is 0 Å². The standard InChI is InChI=1S/C26H21O4P.C12H8O2P.C8H8O2.C6H6O/c1-26(18-10-14-20(27)15-11-18,19-12-16-21(28)17-13-19)31(29)25-9-5-3-7-23(25)22-6-2-4-8-24(22)30-31;13-15-12-8-4-2-6-10(12)9-5-1-3-7-11(9)14-15;1-6(9)7-2-4-8(10)5-3-7;7-6-4-2-1-3-5-6/h2-17,27-28H,1H3;1-8H;2-5,10H,1H3;1-5,7H/q;+1;;. The minimum Gasteiger partial charge on any atom is -0.508 e. The topological polar surface area (TPSA) is 155 Å².